The number of benzene rings is 1. The summed E-state index contributed by atoms with van der Waals surface area (Å²) >= 11 is 0. The van der Waals surface area contributed by atoms with Crippen molar-refractivity contribution in [1.82, 2.24) is 35.5 Å². The van der Waals surface area contributed by atoms with Crippen LogP contribution in [-0.4, -0.2) is 59.4 Å². The van der Waals surface area contributed by atoms with Gasteiger partial charge >= 0.3 is 0 Å². The van der Waals surface area contributed by atoms with Gasteiger partial charge in [0, 0.05) is 35.8 Å². The van der Waals surface area contributed by atoms with E-state index in [1.165, 1.54) is 17.6 Å². The average molecular weight is 406 g/mol. The van der Waals surface area contributed by atoms with E-state index in [9.17, 15) is 5.11 Å². The first-order valence-electron chi connectivity index (χ1n) is 10.3. The van der Waals surface area contributed by atoms with Crippen molar-refractivity contribution >= 4 is 5.95 Å². The summed E-state index contributed by atoms with van der Waals surface area (Å²) in [5, 5.41) is 31.1. The zero-order chi connectivity index (χ0) is 20.9. The molecule has 2 bridgehead atoms. The lowest BCUT2D eigenvalue weighted by atomic mass is 9.84. The monoisotopic (exact) mass is 406 g/mol. The highest BCUT2D eigenvalue weighted by Gasteiger charge is 2.49. The molecule has 3 aromatic rings. The van der Waals surface area contributed by atoms with E-state index in [1.54, 1.807) is 30.7 Å². The fraction of sp³-hybridized carbons (Fsp3) is 0.476. The second kappa shape index (κ2) is 6.73. The zero-order valence-corrected chi connectivity index (χ0v) is 17.4. The van der Waals surface area contributed by atoms with Gasteiger partial charge in [0.25, 0.3) is 0 Å². The van der Waals surface area contributed by atoms with Gasteiger partial charge in [-0.3, -0.25) is 0 Å². The van der Waals surface area contributed by atoms with Crippen molar-refractivity contribution in [3.63, 3.8) is 0 Å². The van der Waals surface area contributed by atoms with Crippen molar-refractivity contribution in [2.45, 2.75) is 56.7 Å². The highest BCUT2D eigenvalue weighted by molar-refractivity contribution is 5.67. The molecule has 2 aliphatic heterocycles. The highest BCUT2D eigenvalue weighted by Crippen LogP contribution is 2.43. The number of aromatic nitrogens is 6. The molecule has 1 aromatic carbocycles. The van der Waals surface area contributed by atoms with E-state index in [0.717, 1.165) is 12.8 Å². The molecule has 0 aliphatic carbocycles. The molecule has 3 atom stereocenters. The third-order valence-corrected chi connectivity index (χ3v) is 6.52. The van der Waals surface area contributed by atoms with Crippen LogP contribution in [0.2, 0.25) is 0 Å². The molecule has 0 spiro atoms. The van der Waals surface area contributed by atoms with Gasteiger partial charge in [-0.05, 0) is 51.7 Å². The predicted molar refractivity (Wildman–Crippen MR) is 112 cm³/mol. The Morgan fingerprint density at radius 2 is 1.80 bits per heavy atom. The van der Waals surface area contributed by atoms with E-state index < -0.39 is 0 Å². The normalized spacial score (nSPS) is 27.9. The lowest BCUT2D eigenvalue weighted by Crippen LogP contribution is -2.58. The molecule has 2 unspecified atom stereocenters. The van der Waals surface area contributed by atoms with Crippen LogP contribution in [0.15, 0.2) is 36.8 Å². The third kappa shape index (κ3) is 3.28. The molecule has 2 aliphatic rings. The Bertz CT molecular complexity index is 1040. The van der Waals surface area contributed by atoms with E-state index in [4.69, 9.17) is 0 Å². The molecule has 5 rings (SSSR count). The van der Waals surface area contributed by atoms with Crippen molar-refractivity contribution in [2.24, 2.45) is 0 Å². The highest BCUT2D eigenvalue weighted by atomic mass is 16.3. The molecule has 30 heavy (non-hydrogen) atoms. The molecule has 4 heterocycles. The topological polar surface area (TPSA) is 105 Å². The Morgan fingerprint density at radius 3 is 2.40 bits per heavy atom. The Kier molecular flexibility index (Phi) is 4.25. The summed E-state index contributed by atoms with van der Waals surface area (Å²) in [5.41, 5.74) is 2.11. The lowest BCUT2D eigenvalue weighted by Gasteiger charge is -2.45. The summed E-state index contributed by atoms with van der Waals surface area (Å²) in [6, 6.07) is 5.56. The van der Waals surface area contributed by atoms with Crippen LogP contribution in [0.25, 0.3) is 16.9 Å². The SMILES string of the molecule is CN(c1ncc(-c2ccc(-n3nccn3)cc2O)nn1)C1CC2(C)CC[C@@](C)(C1)N2. The van der Waals surface area contributed by atoms with E-state index >= 15 is 0 Å². The van der Waals surface area contributed by atoms with E-state index in [1.807, 2.05) is 13.1 Å². The molecule has 9 nitrogen and oxygen atoms in total. The molecule has 0 radical (unpaired) electrons. The molecule has 2 fully saturated rings. The van der Waals surface area contributed by atoms with Crippen molar-refractivity contribution in [3.8, 4) is 22.7 Å². The maximum Gasteiger partial charge on any atom is 0.245 e. The smallest absolute Gasteiger partial charge is 0.245 e. The first-order valence-corrected chi connectivity index (χ1v) is 10.3. The number of nitrogens with one attached hydrogen (secondary N) is 1. The molecule has 9 heteroatoms. The van der Waals surface area contributed by atoms with E-state index in [-0.39, 0.29) is 16.8 Å². The van der Waals surface area contributed by atoms with Crippen LogP contribution in [0.1, 0.15) is 39.5 Å². The maximum atomic E-state index is 10.5. The summed E-state index contributed by atoms with van der Waals surface area (Å²) < 4.78 is 0. The molecule has 2 N–H and O–H groups in total. The minimum absolute atomic E-state index is 0.0813. The second-order valence-corrected chi connectivity index (χ2v) is 9.08. The van der Waals surface area contributed by atoms with Crippen LogP contribution in [0.3, 0.4) is 0 Å². The molecular weight excluding hydrogens is 380 g/mol. The van der Waals surface area contributed by atoms with Crippen LogP contribution >= 0.6 is 0 Å². The number of phenols is 1. The molecule has 2 aromatic heterocycles. The number of aromatic hydroxyl groups is 1. The quantitative estimate of drug-likeness (QED) is 0.680. The molecule has 2 saturated heterocycles. The zero-order valence-electron chi connectivity index (χ0n) is 17.4. The summed E-state index contributed by atoms with van der Waals surface area (Å²) in [4.78, 5) is 8.14. The van der Waals surface area contributed by atoms with Gasteiger partial charge in [-0.25, -0.2) is 4.98 Å². The van der Waals surface area contributed by atoms with Crippen LogP contribution < -0.4 is 10.2 Å². The Labute approximate surface area is 175 Å². The summed E-state index contributed by atoms with van der Waals surface area (Å²) in [6.45, 7) is 4.62. The van der Waals surface area contributed by atoms with Gasteiger partial charge in [-0.1, -0.05) is 0 Å². The van der Waals surface area contributed by atoms with Crippen LogP contribution in [0.5, 0.6) is 5.75 Å². The van der Waals surface area contributed by atoms with Crippen LogP contribution in [0, 0.1) is 0 Å². The number of hydrogen-bond acceptors (Lipinski definition) is 8. The first-order chi connectivity index (χ1) is 14.3. The summed E-state index contributed by atoms with van der Waals surface area (Å²) in [5.74, 6) is 0.687. The first kappa shape index (κ1) is 18.9. The van der Waals surface area contributed by atoms with Gasteiger partial charge in [0.15, 0.2) is 0 Å². The number of fused-ring (bicyclic) bond motifs is 2. The Balaban J connectivity index is 1.36. The number of anilines is 1. The minimum Gasteiger partial charge on any atom is -0.507 e. The van der Waals surface area contributed by atoms with E-state index in [0.29, 0.717) is 28.9 Å². The number of piperidine rings is 1. The Hall–Kier alpha value is -3.07. The molecular formula is C21H26N8O. The standard InChI is InChI=1S/C21H26N8O/c1-20-6-7-21(2,27-20)12-15(11-20)28(3)19-22-13-17(25-26-19)16-5-4-14(10-18(16)30)29-23-8-9-24-29/h4-5,8-10,13,15,27,30H,6-7,11-12H2,1-3H3/t15?,20-,21?/m0/s1. The second-order valence-electron chi connectivity index (χ2n) is 9.08. The largest absolute Gasteiger partial charge is 0.507 e. The van der Waals surface area contributed by atoms with Gasteiger partial charge < -0.3 is 15.3 Å². The maximum absolute atomic E-state index is 10.5. The lowest BCUT2D eigenvalue weighted by molar-refractivity contribution is 0.207. The van der Waals surface area contributed by atoms with Gasteiger partial charge in [-0.15, -0.1) is 10.2 Å². The Morgan fingerprint density at radius 1 is 1.10 bits per heavy atom. The van der Waals surface area contributed by atoms with Crippen molar-refractivity contribution in [2.75, 3.05) is 11.9 Å². The van der Waals surface area contributed by atoms with Crippen LogP contribution in [-0.2, 0) is 0 Å². The van der Waals surface area contributed by atoms with Gasteiger partial charge in [0.05, 0.1) is 24.3 Å². The number of hydrogen-bond donors (Lipinski definition) is 2. The number of phenolic OH excluding ortho intramolecular Hbond substituents is 1. The number of rotatable bonds is 4. The molecule has 156 valence electrons. The fourth-order valence-corrected chi connectivity index (χ4v) is 5.03. The molecule has 0 amide bonds. The van der Waals surface area contributed by atoms with Gasteiger partial charge in [-0.2, -0.15) is 15.0 Å². The minimum atomic E-state index is 0.0813. The number of nitrogens with zero attached hydrogens (tertiary/aromatic N) is 7. The van der Waals surface area contributed by atoms with E-state index in [2.05, 4.69) is 49.4 Å². The van der Waals surface area contributed by atoms with Gasteiger partial charge in [0.2, 0.25) is 5.95 Å². The predicted octanol–water partition coefficient (Wildman–Crippen LogP) is 2.32. The van der Waals surface area contributed by atoms with Crippen LogP contribution in [0.4, 0.5) is 5.95 Å². The average Bonchev–Trinajstić information content (AvgIpc) is 3.33. The van der Waals surface area contributed by atoms with Gasteiger partial charge in [0.1, 0.15) is 11.4 Å². The summed E-state index contributed by atoms with van der Waals surface area (Å²) in [7, 11) is 2.04. The third-order valence-electron chi connectivity index (χ3n) is 6.52. The van der Waals surface area contributed by atoms with Crippen molar-refractivity contribution in [1.29, 1.82) is 0 Å². The molecule has 0 saturated carbocycles. The van der Waals surface area contributed by atoms with Crippen molar-refractivity contribution < 1.29 is 5.11 Å². The summed E-state index contributed by atoms with van der Waals surface area (Å²) in [6.07, 6.45) is 9.37. The fourth-order valence-electron chi connectivity index (χ4n) is 5.03. The van der Waals surface area contributed by atoms with Crippen molar-refractivity contribution in [3.05, 3.63) is 36.8 Å².